The highest BCUT2D eigenvalue weighted by atomic mass is 16.3. The second kappa shape index (κ2) is 7.24. The van der Waals surface area contributed by atoms with Gasteiger partial charge in [0.05, 0.1) is 12.1 Å². The van der Waals surface area contributed by atoms with Gasteiger partial charge in [-0.05, 0) is 36.9 Å². The molecule has 4 nitrogen and oxygen atoms in total. The minimum absolute atomic E-state index is 0.120. The predicted octanol–water partition coefficient (Wildman–Crippen LogP) is 2.41. The van der Waals surface area contributed by atoms with Crippen molar-refractivity contribution in [3.05, 3.63) is 35.9 Å². The van der Waals surface area contributed by atoms with Crippen LogP contribution in [0.25, 0.3) is 0 Å². The van der Waals surface area contributed by atoms with Crippen molar-refractivity contribution in [1.82, 2.24) is 9.80 Å². The van der Waals surface area contributed by atoms with E-state index < -0.39 is 6.10 Å². The molecule has 2 atom stereocenters. The number of benzene rings is 1. The van der Waals surface area contributed by atoms with Gasteiger partial charge in [0.25, 0.3) is 0 Å². The second-order valence-electron chi connectivity index (χ2n) is 7.96. The number of carbonyl (C=O) groups excluding carboxylic acids is 1. The lowest BCUT2D eigenvalue weighted by Crippen LogP contribution is -2.46. The number of nitrogens with zero attached hydrogens (tertiary/aromatic N) is 2. The first-order chi connectivity index (χ1) is 11.5. The molecular formula is C20H30N2O2. The summed E-state index contributed by atoms with van der Waals surface area (Å²) >= 11 is 0. The van der Waals surface area contributed by atoms with E-state index in [1.165, 1.54) is 24.8 Å². The van der Waals surface area contributed by atoms with E-state index in [-0.39, 0.29) is 17.4 Å². The first kappa shape index (κ1) is 17.4. The Balaban J connectivity index is 1.61. The number of hydrogen-bond acceptors (Lipinski definition) is 3. The molecule has 0 radical (unpaired) electrons. The Bertz CT molecular complexity index is 552. The summed E-state index contributed by atoms with van der Waals surface area (Å²) in [6.45, 7) is 7.50. The van der Waals surface area contributed by atoms with E-state index in [2.05, 4.69) is 30.9 Å². The fourth-order valence-electron chi connectivity index (χ4n) is 4.06. The average Bonchev–Trinajstić information content (AvgIpc) is 2.98. The third-order valence-corrected chi connectivity index (χ3v) is 5.62. The van der Waals surface area contributed by atoms with Crippen molar-refractivity contribution in [2.24, 2.45) is 0 Å². The molecule has 0 aliphatic carbocycles. The van der Waals surface area contributed by atoms with Crippen LogP contribution in [0, 0.1) is 0 Å². The summed E-state index contributed by atoms with van der Waals surface area (Å²) < 4.78 is 0. The van der Waals surface area contributed by atoms with Crippen molar-refractivity contribution in [2.75, 3.05) is 26.2 Å². The number of aliphatic hydroxyl groups excluding tert-OH is 1. The molecule has 1 N–H and O–H groups in total. The highest BCUT2D eigenvalue weighted by Gasteiger charge is 2.39. The zero-order valence-corrected chi connectivity index (χ0v) is 14.9. The lowest BCUT2D eigenvalue weighted by Gasteiger charge is -2.33. The van der Waals surface area contributed by atoms with Crippen molar-refractivity contribution in [3.8, 4) is 0 Å². The van der Waals surface area contributed by atoms with Crippen LogP contribution in [0.15, 0.2) is 30.3 Å². The van der Waals surface area contributed by atoms with Crippen molar-refractivity contribution < 1.29 is 9.90 Å². The Labute approximate surface area is 145 Å². The predicted molar refractivity (Wildman–Crippen MR) is 95.9 cm³/mol. The monoisotopic (exact) mass is 330 g/mol. The zero-order valence-electron chi connectivity index (χ0n) is 14.9. The van der Waals surface area contributed by atoms with Gasteiger partial charge < -0.3 is 10.0 Å². The highest BCUT2D eigenvalue weighted by molar-refractivity contribution is 5.78. The van der Waals surface area contributed by atoms with E-state index in [1.807, 2.05) is 23.1 Å². The molecule has 0 unspecified atom stereocenters. The third-order valence-electron chi connectivity index (χ3n) is 5.62. The maximum Gasteiger partial charge on any atom is 0.223 e. The fourth-order valence-corrected chi connectivity index (χ4v) is 4.06. The quantitative estimate of drug-likeness (QED) is 0.922. The molecule has 3 rings (SSSR count). The maximum atomic E-state index is 12.8. The van der Waals surface area contributed by atoms with Crippen LogP contribution in [0.5, 0.6) is 0 Å². The summed E-state index contributed by atoms with van der Waals surface area (Å²) in [6, 6.07) is 10.3. The Morgan fingerprint density at radius 2 is 1.79 bits per heavy atom. The van der Waals surface area contributed by atoms with Gasteiger partial charge in [-0.2, -0.15) is 0 Å². The van der Waals surface area contributed by atoms with E-state index in [9.17, 15) is 9.90 Å². The molecule has 1 aromatic carbocycles. The van der Waals surface area contributed by atoms with Crippen LogP contribution < -0.4 is 0 Å². The van der Waals surface area contributed by atoms with E-state index >= 15 is 0 Å². The molecule has 0 aromatic heterocycles. The van der Waals surface area contributed by atoms with Crippen LogP contribution in [0.2, 0.25) is 0 Å². The molecule has 2 aliphatic rings. The SMILES string of the molecule is CC(C)(CC(=O)N1C[C@H](O)[C@@H](N2CCCCC2)C1)c1ccccc1. The topological polar surface area (TPSA) is 43.8 Å². The van der Waals surface area contributed by atoms with Crippen LogP contribution in [-0.4, -0.2) is 59.1 Å². The van der Waals surface area contributed by atoms with Crippen molar-refractivity contribution in [1.29, 1.82) is 0 Å². The first-order valence-electron chi connectivity index (χ1n) is 9.23. The summed E-state index contributed by atoms with van der Waals surface area (Å²) in [5, 5.41) is 10.4. The average molecular weight is 330 g/mol. The number of likely N-dealkylation sites (tertiary alicyclic amines) is 2. The molecular weight excluding hydrogens is 300 g/mol. The van der Waals surface area contributed by atoms with Crippen molar-refractivity contribution >= 4 is 5.91 Å². The maximum absolute atomic E-state index is 12.8. The van der Waals surface area contributed by atoms with Crippen LogP contribution in [-0.2, 0) is 10.2 Å². The van der Waals surface area contributed by atoms with Gasteiger partial charge in [-0.15, -0.1) is 0 Å². The molecule has 2 heterocycles. The number of aliphatic hydroxyl groups is 1. The Hall–Kier alpha value is -1.39. The number of piperidine rings is 1. The molecule has 2 aliphatic heterocycles. The molecule has 24 heavy (non-hydrogen) atoms. The summed E-state index contributed by atoms with van der Waals surface area (Å²) in [5.41, 5.74) is 0.998. The summed E-state index contributed by atoms with van der Waals surface area (Å²) in [6.07, 6.45) is 3.77. The fraction of sp³-hybridized carbons (Fsp3) is 0.650. The van der Waals surface area contributed by atoms with Crippen molar-refractivity contribution in [2.45, 2.75) is 57.1 Å². The summed E-state index contributed by atoms with van der Waals surface area (Å²) in [5.74, 6) is 0.155. The Morgan fingerprint density at radius 3 is 2.46 bits per heavy atom. The van der Waals surface area contributed by atoms with Gasteiger partial charge >= 0.3 is 0 Å². The largest absolute Gasteiger partial charge is 0.390 e. The smallest absolute Gasteiger partial charge is 0.223 e. The van der Waals surface area contributed by atoms with E-state index in [0.717, 1.165) is 13.1 Å². The zero-order chi connectivity index (χ0) is 17.2. The van der Waals surface area contributed by atoms with E-state index in [0.29, 0.717) is 19.5 Å². The summed E-state index contributed by atoms with van der Waals surface area (Å²) in [7, 11) is 0. The third kappa shape index (κ3) is 3.81. The van der Waals surface area contributed by atoms with Gasteiger partial charge in [-0.1, -0.05) is 50.6 Å². The van der Waals surface area contributed by atoms with Crippen molar-refractivity contribution in [3.63, 3.8) is 0 Å². The number of amides is 1. The lowest BCUT2D eigenvalue weighted by atomic mass is 9.81. The van der Waals surface area contributed by atoms with Gasteiger partial charge in [0, 0.05) is 19.5 Å². The Morgan fingerprint density at radius 1 is 1.12 bits per heavy atom. The van der Waals surface area contributed by atoms with Gasteiger partial charge in [-0.25, -0.2) is 0 Å². The molecule has 0 spiro atoms. The Kier molecular flexibility index (Phi) is 5.26. The van der Waals surface area contributed by atoms with Crippen LogP contribution >= 0.6 is 0 Å². The number of hydrogen-bond donors (Lipinski definition) is 1. The highest BCUT2D eigenvalue weighted by Crippen LogP contribution is 2.29. The molecule has 0 saturated carbocycles. The van der Waals surface area contributed by atoms with Gasteiger partial charge in [0.1, 0.15) is 0 Å². The second-order valence-corrected chi connectivity index (χ2v) is 7.96. The van der Waals surface area contributed by atoms with Crippen LogP contribution in [0.1, 0.15) is 45.1 Å². The van der Waals surface area contributed by atoms with Crippen LogP contribution in [0.4, 0.5) is 0 Å². The molecule has 2 saturated heterocycles. The van der Waals surface area contributed by atoms with Gasteiger partial charge in [-0.3, -0.25) is 9.69 Å². The number of carbonyl (C=O) groups is 1. The molecule has 2 fully saturated rings. The molecule has 1 amide bonds. The van der Waals surface area contributed by atoms with Gasteiger partial charge in [0.2, 0.25) is 5.91 Å². The minimum Gasteiger partial charge on any atom is -0.390 e. The molecule has 1 aromatic rings. The summed E-state index contributed by atoms with van der Waals surface area (Å²) in [4.78, 5) is 17.1. The number of rotatable bonds is 4. The molecule has 0 bridgehead atoms. The first-order valence-corrected chi connectivity index (χ1v) is 9.23. The van der Waals surface area contributed by atoms with E-state index in [4.69, 9.17) is 0 Å². The molecule has 132 valence electrons. The minimum atomic E-state index is -0.410. The van der Waals surface area contributed by atoms with Crippen LogP contribution in [0.3, 0.4) is 0 Å². The lowest BCUT2D eigenvalue weighted by molar-refractivity contribution is -0.131. The standard InChI is InChI=1S/C20H30N2O2/c1-20(2,16-9-5-3-6-10-16)13-19(24)22-14-17(18(23)15-22)21-11-7-4-8-12-21/h3,5-6,9-10,17-18,23H,4,7-8,11-15H2,1-2H3/t17-,18-/m0/s1. The number of β-amino-alcohol motifs (C(OH)–C–C–N with tert-alkyl or cyclic N) is 1. The molecule has 4 heteroatoms. The van der Waals surface area contributed by atoms with E-state index in [1.54, 1.807) is 0 Å². The van der Waals surface area contributed by atoms with Gasteiger partial charge in [0.15, 0.2) is 0 Å². The normalized spacial score (nSPS) is 25.9.